The first kappa shape index (κ1) is 25.2. The van der Waals surface area contributed by atoms with Crippen LogP contribution in [0.2, 0.25) is 5.02 Å². The number of nitrogens with two attached hydrogens (primary N) is 1. The van der Waals surface area contributed by atoms with Gasteiger partial charge < -0.3 is 20.5 Å². The van der Waals surface area contributed by atoms with Gasteiger partial charge in [-0.25, -0.2) is 4.39 Å². The van der Waals surface area contributed by atoms with Crippen molar-refractivity contribution in [1.82, 2.24) is 0 Å². The summed E-state index contributed by atoms with van der Waals surface area (Å²) in [5.74, 6) is -4.92. The summed E-state index contributed by atoms with van der Waals surface area (Å²) in [5, 5.41) is 10.6. The fourth-order valence-electron chi connectivity index (χ4n) is 4.84. The zero-order chi connectivity index (χ0) is 26.1. The average Bonchev–Trinajstić information content (AvgIpc) is 2.84. The van der Waals surface area contributed by atoms with Crippen molar-refractivity contribution in [3.05, 3.63) is 93.8 Å². The molecule has 2 amide bonds. The molecule has 0 aliphatic carbocycles. The Morgan fingerprint density at radius 1 is 1.14 bits per heavy atom. The smallest absolute Gasteiger partial charge is 0.311 e. The lowest BCUT2D eigenvalue weighted by molar-refractivity contribution is -0.139. The first-order valence-electron chi connectivity index (χ1n) is 11.2. The summed E-state index contributed by atoms with van der Waals surface area (Å²) in [5.41, 5.74) is 7.46. The SMILES string of the molecule is COc1ccc(C(=O)N2c3cccc(C(C(N)=O)c4ccc(Cl)cc4)c3C(C(=O)O)CC2C)cc1F. The van der Waals surface area contributed by atoms with E-state index in [2.05, 4.69) is 0 Å². The van der Waals surface area contributed by atoms with Crippen molar-refractivity contribution in [2.24, 2.45) is 5.73 Å². The number of aliphatic carboxylic acids is 1. The van der Waals surface area contributed by atoms with Crippen molar-refractivity contribution in [3.8, 4) is 5.75 Å². The van der Waals surface area contributed by atoms with E-state index in [1.807, 2.05) is 0 Å². The first-order chi connectivity index (χ1) is 17.1. The number of hydrogen-bond acceptors (Lipinski definition) is 4. The maximum atomic E-state index is 14.4. The fourth-order valence-corrected chi connectivity index (χ4v) is 4.96. The van der Waals surface area contributed by atoms with Gasteiger partial charge in [0.15, 0.2) is 11.6 Å². The highest BCUT2D eigenvalue weighted by Crippen LogP contribution is 2.44. The van der Waals surface area contributed by atoms with E-state index in [1.165, 1.54) is 24.1 Å². The number of amides is 2. The van der Waals surface area contributed by atoms with Crippen LogP contribution < -0.4 is 15.4 Å². The topological polar surface area (TPSA) is 110 Å². The van der Waals surface area contributed by atoms with Crippen molar-refractivity contribution in [3.63, 3.8) is 0 Å². The molecule has 3 aromatic carbocycles. The molecule has 0 spiro atoms. The maximum Gasteiger partial charge on any atom is 0.311 e. The quantitative estimate of drug-likeness (QED) is 0.499. The van der Waals surface area contributed by atoms with Crippen LogP contribution in [-0.4, -0.2) is 36.0 Å². The molecule has 4 rings (SSSR count). The van der Waals surface area contributed by atoms with Gasteiger partial charge in [-0.2, -0.15) is 0 Å². The van der Waals surface area contributed by atoms with E-state index in [0.717, 1.165) is 6.07 Å². The van der Waals surface area contributed by atoms with Crippen LogP contribution in [0, 0.1) is 5.82 Å². The molecule has 3 unspecified atom stereocenters. The van der Waals surface area contributed by atoms with E-state index < -0.39 is 41.5 Å². The maximum absolute atomic E-state index is 14.4. The summed E-state index contributed by atoms with van der Waals surface area (Å²) >= 11 is 6.01. The number of anilines is 1. The number of methoxy groups -OCH3 is 1. The van der Waals surface area contributed by atoms with Gasteiger partial charge in [0.25, 0.3) is 5.91 Å². The van der Waals surface area contributed by atoms with E-state index in [0.29, 0.717) is 27.4 Å². The molecule has 1 heterocycles. The lowest BCUT2D eigenvalue weighted by Crippen LogP contribution is -2.45. The second-order valence-corrected chi connectivity index (χ2v) is 9.10. The number of ether oxygens (including phenoxy) is 1. The van der Waals surface area contributed by atoms with E-state index in [9.17, 15) is 23.9 Å². The molecule has 0 saturated heterocycles. The summed E-state index contributed by atoms with van der Waals surface area (Å²) in [6.07, 6.45) is 0.0931. The normalized spacial score (nSPS) is 17.7. The molecule has 1 aliphatic heterocycles. The monoisotopic (exact) mass is 510 g/mol. The Bertz CT molecular complexity index is 1340. The van der Waals surface area contributed by atoms with Crippen LogP contribution in [0.25, 0.3) is 0 Å². The number of rotatable bonds is 6. The van der Waals surface area contributed by atoms with Gasteiger partial charge in [-0.1, -0.05) is 35.9 Å². The Kier molecular flexibility index (Phi) is 6.99. The molecule has 0 fully saturated rings. The van der Waals surface area contributed by atoms with Crippen molar-refractivity contribution >= 4 is 35.1 Å². The van der Waals surface area contributed by atoms with Crippen molar-refractivity contribution < 1.29 is 28.6 Å². The number of benzene rings is 3. The number of carbonyl (C=O) groups excluding carboxylic acids is 2. The van der Waals surface area contributed by atoms with Crippen molar-refractivity contribution in [1.29, 1.82) is 0 Å². The minimum atomic E-state index is -1.09. The predicted molar refractivity (Wildman–Crippen MR) is 133 cm³/mol. The van der Waals surface area contributed by atoms with Crippen LogP contribution in [0.15, 0.2) is 60.7 Å². The molecule has 3 atom stereocenters. The van der Waals surface area contributed by atoms with Gasteiger partial charge in [0.05, 0.1) is 18.9 Å². The summed E-state index contributed by atoms with van der Waals surface area (Å²) in [6.45, 7) is 1.73. The number of fused-ring (bicyclic) bond motifs is 1. The molecule has 3 N–H and O–H groups in total. The van der Waals surface area contributed by atoms with Crippen LogP contribution in [0.1, 0.15) is 52.2 Å². The molecular weight excluding hydrogens is 487 g/mol. The summed E-state index contributed by atoms with van der Waals surface area (Å²) in [4.78, 5) is 40.0. The average molecular weight is 511 g/mol. The van der Waals surface area contributed by atoms with Crippen molar-refractivity contribution in [2.45, 2.75) is 31.2 Å². The molecule has 9 heteroatoms. The summed E-state index contributed by atoms with van der Waals surface area (Å²) in [7, 11) is 1.33. The Morgan fingerprint density at radius 2 is 1.83 bits per heavy atom. The number of carbonyl (C=O) groups is 3. The van der Waals surface area contributed by atoms with E-state index in [-0.39, 0.29) is 17.7 Å². The van der Waals surface area contributed by atoms with Gasteiger partial charge in [0.2, 0.25) is 5.91 Å². The molecule has 36 heavy (non-hydrogen) atoms. The van der Waals surface area contributed by atoms with E-state index in [1.54, 1.807) is 49.4 Å². The summed E-state index contributed by atoms with van der Waals surface area (Å²) < 4.78 is 19.3. The van der Waals surface area contributed by atoms with Gasteiger partial charge in [-0.05, 0) is 66.4 Å². The number of carboxylic acids is 1. The Morgan fingerprint density at radius 3 is 2.42 bits per heavy atom. The van der Waals surface area contributed by atoms with Gasteiger partial charge in [-0.3, -0.25) is 14.4 Å². The van der Waals surface area contributed by atoms with Gasteiger partial charge in [0.1, 0.15) is 0 Å². The van der Waals surface area contributed by atoms with Crippen LogP contribution in [0.5, 0.6) is 5.75 Å². The standard InChI is InChI=1S/C27H24ClFN2O5/c1-14-12-19(27(34)35)24-18(23(25(30)32)15-6-9-17(28)10-7-15)4-3-5-21(24)31(14)26(33)16-8-11-22(36-2)20(29)13-16/h3-11,13-14,19,23H,12H2,1-2H3,(H2,30,32)(H,34,35). The van der Waals surface area contributed by atoms with Gasteiger partial charge >= 0.3 is 5.97 Å². The zero-order valence-electron chi connectivity index (χ0n) is 19.6. The lowest BCUT2D eigenvalue weighted by Gasteiger charge is -2.40. The minimum Gasteiger partial charge on any atom is -0.494 e. The molecule has 3 aromatic rings. The van der Waals surface area contributed by atoms with Crippen LogP contribution in [-0.2, 0) is 9.59 Å². The number of halogens is 2. The molecular formula is C27H24ClFN2O5. The molecule has 0 aromatic heterocycles. The van der Waals surface area contributed by atoms with Crippen LogP contribution in [0.3, 0.4) is 0 Å². The molecule has 186 valence electrons. The third-order valence-electron chi connectivity index (χ3n) is 6.46. The van der Waals surface area contributed by atoms with Gasteiger partial charge in [0, 0.05) is 22.3 Å². The highest BCUT2D eigenvalue weighted by Gasteiger charge is 2.40. The third kappa shape index (κ3) is 4.52. The van der Waals surface area contributed by atoms with Crippen LogP contribution in [0.4, 0.5) is 10.1 Å². The second kappa shape index (κ2) is 9.99. The molecule has 0 radical (unpaired) electrons. The zero-order valence-corrected chi connectivity index (χ0v) is 20.3. The Balaban J connectivity index is 1.90. The fraction of sp³-hybridized carbons (Fsp3) is 0.222. The molecule has 0 bridgehead atoms. The first-order valence-corrected chi connectivity index (χ1v) is 11.6. The largest absolute Gasteiger partial charge is 0.494 e. The summed E-state index contributed by atoms with van der Waals surface area (Å²) in [6, 6.07) is 14.8. The second-order valence-electron chi connectivity index (χ2n) is 8.67. The number of primary amides is 1. The van der Waals surface area contributed by atoms with E-state index >= 15 is 0 Å². The number of nitrogens with zero attached hydrogens (tertiary/aromatic N) is 1. The van der Waals surface area contributed by atoms with Crippen molar-refractivity contribution in [2.75, 3.05) is 12.0 Å². The molecule has 1 aliphatic rings. The lowest BCUT2D eigenvalue weighted by atomic mass is 9.77. The highest BCUT2D eigenvalue weighted by molar-refractivity contribution is 6.30. The highest BCUT2D eigenvalue weighted by atomic mass is 35.5. The van der Waals surface area contributed by atoms with Gasteiger partial charge in [-0.15, -0.1) is 0 Å². The predicted octanol–water partition coefficient (Wildman–Crippen LogP) is 4.71. The number of hydrogen-bond donors (Lipinski definition) is 2. The van der Waals surface area contributed by atoms with Crippen LogP contribution >= 0.6 is 11.6 Å². The molecule has 7 nitrogen and oxygen atoms in total. The third-order valence-corrected chi connectivity index (χ3v) is 6.71. The minimum absolute atomic E-state index is 0.000801. The number of carboxylic acid groups (broad SMARTS) is 1. The molecule has 0 saturated carbocycles. The Labute approximate surface area is 212 Å². The Hall–Kier alpha value is -3.91. The van der Waals surface area contributed by atoms with E-state index in [4.69, 9.17) is 22.1 Å².